The summed E-state index contributed by atoms with van der Waals surface area (Å²) in [5.74, 6) is 0.201. The van der Waals surface area contributed by atoms with E-state index in [0.717, 1.165) is 24.8 Å². The fourth-order valence-corrected chi connectivity index (χ4v) is 2.55. The van der Waals surface area contributed by atoms with E-state index in [1.165, 1.54) is 6.20 Å². The van der Waals surface area contributed by atoms with Gasteiger partial charge in [0.15, 0.2) is 5.76 Å². The zero-order chi connectivity index (χ0) is 13.9. The van der Waals surface area contributed by atoms with Gasteiger partial charge in [-0.05, 0) is 19.3 Å². The maximum atomic E-state index is 12.3. The number of aromatic nitrogens is 1. The molecule has 0 radical (unpaired) electrons. The van der Waals surface area contributed by atoms with Crippen LogP contribution in [-0.4, -0.2) is 28.3 Å². The first kappa shape index (κ1) is 12.9. The van der Waals surface area contributed by atoms with Gasteiger partial charge < -0.3 is 14.9 Å². The quantitative estimate of drug-likeness (QED) is 0.896. The van der Waals surface area contributed by atoms with Gasteiger partial charge in [0.2, 0.25) is 0 Å². The lowest BCUT2D eigenvalue weighted by molar-refractivity contribution is 0.0873. The van der Waals surface area contributed by atoms with E-state index >= 15 is 0 Å². The first-order chi connectivity index (χ1) is 9.75. The Kier molecular flexibility index (Phi) is 3.52. The molecule has 20 heavy (non-hydrogen) atoms. The van der Waals surface area contributed by atoms with Crippen molar-refractivity contribution in [2.75, 3.05) is 0 Å². The molecular weight excluding hydrogens is 256 g/mol. The van der Waals surface area contributed by atoms with Crippen molar-refractivity contribution in [3.05, 3.63) is 42.1 Å². The fraction of sp³-hybridized carbons (Fsp3) is 0.333. The number of aliphatic hydroxyl groups is 1. The number of hydrogen-bond acceptors (Lipinski definition) is 4. The van der Waals surface area contributed by atoms with Crippen molar-refractivity contribution in [1.29, 1.82) is 0 Å². The molecule has 5 nitrogen and oxygen atoms in total. The summed E-state index contributed by atoms with van der Waals surface area (Å²) in [7, 11) is 0. The van der Waals surface area contributed by atoms with Crippen LogP contribution in [0.5, 0.6) is 0 Å². The Labute approximate surface area is 116 Å². The molecule has 0 spiro atoms. The molecule has 1 aliphatic rings. The number of rotatable bonds is 3. The Morgan fingerprint density at radius 3 is 2.80 bits per heavy atom. The Bertz CT molecular complexity index is 594. The topological polar surface area (TPSA) is 75.4 Å². The number of aliphatic hydroxyl groups excluding tert-OH is 1. The van der Waals surface area contributed by atoms with Crippen molar-refractivity contribution in [3.63, 3.8) is 0 Å². The molecule has 1 aromatic heterocycles. The summed E-state index contributed by atoms with van der Waals surface area (Å²) < 4.78 is 5.19. The van der Waals surface area contributed by atoms with Crippen molar-refractivity contribution in [2.45, 2.75) is 31.4 Å². The highest BCUT2D eigenvalue weighted by atomic mass is 16.5. The first-order valence-corrected chi connectivity index (χ1v) is 6.75. The molecule has 2 atom stereocenters. The summed E-state index contributed by atoms with van der Waals surface area (Å²) in [6.45, 7) is 0. The number of amides is 1. The number of benzene rings is 1. The van der Waals surface area contributed by atoms with E-state index in [2.05, 4.69) is 10.5 Å². The molecule has 0 bridgehead atoms. The van der Waals surface area contributed by atoms with Crippen LogP contribution in [0.4, 0.5) is 0 Å². The Hall–Kier alpha value is -2.14. The van der Waals surface area contributed by atoms with Crippen LogP contribution in [-0.2, 0) is 0 Å². The van der Waals surface area contributed by atoms with Gasteiger partial charge in [-0.15, -0.1) is 0 Å². The number of carbonyl (C=O) groups excluding carboxylic acids is 1. The Morgan fingerprint density at radius 2 is 2.10 bits per heavy atom. The molecule has 0 aliphatic heterocycles. The zero-order valence-electron chi connectivity index (χ0n) is 11.0. The summed E-state index contributed by atoms with van der Waals surface area (Å²) >= 11 is 0. The SMILES string of the molecule is O=C(N[C@@H]1CCC[C@H]1O)c1cnoc1-c1ccccc1. The van der Waals surface area contributed by atoms with Crippen molar-refractivity contribution in [2.24, 2.45) is 0 Å². The van der Waals surface area contributed by atoms with Crippen LogP contribution in [0.15, 0.2) is 41.1 Å². The average molecular weight is 272 g/mol. The van der Waals surface area contributed by atoms with Gasteiger partial charge >= 0.3 is 0 Å². The van der Waals surface area contributed by atoms with Crippen LogP contribution in [0, 0.1) is 0 Å². The second kappa shape index (κ2) is 5.46. The van der Waals surface area contributed by atoms with Crippen LogP contribution in [0.1, 0.15) is 29.6 Å². The monoisotopic (exact) mass is 272 g/mol. The normalized spacial score (nSPS) is 21.9. The standard InChI is InChI=1S/C15H16N2O3/c18-13-8-4-7-12(13)17-15(19)11-9-16-20-14(11)10-5-2-1-3-6-10/h1-3,5-6,9,12-13,18H,4,7-8H2,(H,17,19)/t12-,13-/m1/s1. The molecule has 0 unspecified atom stereocenters. The molecule has 3 rings (SSSR count). The Morgan fingerprint density at radius 1 is 1.30 bits per heavy atom. The van der Waals surface area contributed by atoms with E-state index in [1.807, 2.05) is 30.3 Å². The minimum absolute atomic E-state index is 0.180. The summed E-state index contributed by atoms with van der Waals surface area (Å²) in [6, 6.07) is 9.19. The van der Waals surface area contributed by atoms with Gasteiger partial charge in [-0.1, -0.05) is 35.5 Å². The second-order valence-corrected chi connectivity index (χ2v) is 5.01. The zero-order valence-corrected chi connectivity index (χ0v) is 11.0. The summed E-state index contributed by atoms with van der Waals surface area (Å²) in [6.07, 6.45) is 3.43. The fourth-order valence-electron chi connectivity index (χ4n) is 2.55. The maximum Gasteiger partial charge on any atom is 0.257 e. The van der Waals surface area contributed by atoms with Crippen LogP contribution in [0.2, 0.25) is 0 Å². The van der Waals surface area contributed by atoms with E-state index in [1.54, 1.807) is 0 Å². The highest BCUT2D eigenvalue weighted by Gasteiger charge is 2.28. The molecule has 1 aliphatic carbocycles. The van der Waals surface area contributed by atoms with Crippen LogP contribution < -0.4 is 5.32 Å². The predicted octanol–water partition coefficient (Wildman–Crippen LogP) is 1.98. The minimum atomic E-state index is -0.459. The molecule has 0 saturated heterocycles. The molecule has 1 fully saturated rings. The lowest BCUT2D eigenvalue weighted by Gasteiger charge is -2.15. The molecule has 2 aromatic rings. The summed E-state index contributed by atoms with van der Waals surface area (Å²) in [4.78, 5) is 12.3. The third-order valence-electron chi connectivity index (χ3n) is 3.65. The highest BCUT2D eigenvalue weighted by Crippen LogP contribution is 2.24. The Balaban J connectivity index is 1.81. The maximum absolute atomic E-state index is 12.3. The smallest absolute Gasteiger partial charge is 0.257 e. The van der Waals surface area contributed by atoms with E-state index in [4.69, 9.17) is 4.52 Å². The highest BCUT2D eigenvalue weighted by molar-refractivity contribution is 5.99. The van der Waals surface area contributed by atoms with Crippen molar-refractivity contribution < 1.29 is 14.4 Å². The first-order valence-electron chi connectivity index (χ1n) is 6.75. The van der Waals surface area contributed by atoms with Crippen LogP contribution in [0.3, 0.4) is 0 Å². The minimum Gasteiger partial charge on any atom is -0.391 e. The van der Waals surface area contributed by atoms with Gasteiger partial charge in [0.25, 0.3) is 5.91 Å². The van der Waals surface area contributed by atoms with E-state index < -0.39 is 6.10 Å². The second-order valence-electron chi connectivity index (χ2n) is 5.01. The number of hydrogen-bond donors (Lipinski definition) is 2. The largest absolute Gasteiger partial charge is 0.391 e. The van der Waals surface area contributed by atoms with Gasteiger partial charge in [0, 0.05) is 5.56 Å². The van der Waals surface area contributed by atoms with Gasteiger partial charge in [0.05, 0.1) is 18.3 Å². The molecule has 1 saturated carbocycles. The number of nitrogens with one attached hydrogen (secondary N) is 1. The van der Waals surface area contributed by atoms with Gasteiger partial charge in [0.1, 0.15) is 5.56 Å². The third-order valence-corrected chi connectivity index (χ3v) is 3.65. The van der Waals surface area contributed by atoms with Gasteiger partial charge in [-0.25, -0.2) is 0 Å². The third kappa shape index (κ3) is 2.44. The lowest BCUT2D eigenvalue weighted by atomic mass is 10.1. The molecule has 2 N–H and O–H groups in total. The van der Waals surface area contributed by atoms with Crippen molar-refractivity contribution in [1.82, 2.24) is 10.5 Å². The van der Waals surface area contributed by atoms with E-state index in [0.29, 0.717) is 11.3 Å². The molecular formula is C15H16N2O3. The molecule has 104 valence electrons. The van der Waals surface area contributed by atoms with E-state index in [9.17, 15) is 9.90 Å². The predicted molar refractivity (Wildman–Crippen MR) is 73.1 cm³/mol. The molecule has 5 heteroatoms. The van der Waals surface area contributed by atoms with E-state index in [-0.39, 0.29) is 11.9 Å². The van der Waals surface area contributed by atoms with Gasteiger partial charge in [-0.2, -0.15) is 0 Å². The number of nitrogens with zero attached hydrogens (tertiary/aromatic N) is 1. The molecule has 1 heterocycles. The average Bonchev–Trinajstić information content (AvgIpc) is 3.09. The molecule has 1 amide bonds. The number of carbonyl (C=O) groups is 1. The van der Waals surface area contributed by atoms with Crippen molar-refractivity contribution in [3.8, 4) is 11.3 Å². The summed E-state index contributed by atoms with van der Waals surface area (Å²) in [5, 5.41) is 16.3. The van der Waals surface area contributed by atoms with Crippen molar-refractivity contribution >= 4 is 5.91 Å². The lowest BCUT2D eigenvalue weighted by Crippen LogP contribution is -2.39. The van der Waals surface area contributed by atoms with Crippen LogP contribution in [0.25, 0.3) is 11.3 Å². The molecule has 1 aromatic carbocycles. The van der Waals surface area contributed by atoms with Gasteiger partial charge in [-0.3, -0.25) is 4.79 Å². The van der Waals surface area contributed by atoms with Crippen LogP contribution >= 0.6 is 0 Å². The summed E-state index contributed by atoms with van der Waals surface area (Å²) in [5.41, 5.74) is 1.21.